The first-order valence-corrected chi connectivity index (χ1v) is 11.3. The molecule has 2 amide bonds. The molecule has 0 bridgehead atoms. The van der Waals surface area contributed by atoms with Crippen LogP contribution < -0.4 is 9.62 Å². The molecule has 3 heterocycles. The second-order valence-electron chi connectivity index (χ2n) is 6.55. The molecule has 150 valence electrons. The third-order valence-electron chi connectivity index (χ3n) is 4.71. The van der Waals surface area contributed by atoms with Gasteiger partial charge in [0.2, 0.25) is 21.8 Å². The van der Waals surface area contributed by atoms with Crippen LogP contribution in [0.15, 0.2) is 69.5 Å². The van der Waals surface area contributed by atoms with E-state index in [2.05, 4.69) is 4.72 Å². The van der Waals surface area contributed by atoms with Crippen LogP contribution in [0.2, 0.25) is 0 Å². The van der Waals surface area contributed by atoms with Gasteiger partial charge in [0.15, 0.2) is 0 Å². The Balaban J connectivity index is 1.51. The van der Waals surface area contributed by atoms with Crippen molar-refractivity contribution in [2.75, 3.05) is 11.4 Å². The SMILES string of the molecule is O=C1CCC(=O)N1c1ccc(S(=O)(=O)NC[C@@H](c2ccco2)c2cccs2)cc1. The molecular weight excluding hydrogens is 412 g/mol. The van der Waals surface area contributed by atoms with E-state index in [4.69, 9.17) is 4.42 Å². The van der Waals surface area contributed by atoms with Crippen LogP contribution in [0.5, 0.6) is 0 Å². The molecule has 0 spiro atoms. The molecule has 7 nitrogen and oxygen atoms in total. The number of anilines is 1. The van der Waals surface area contributed by atoms with Crippen LogP contribution in [0.3, 0.4) is 0 Å². The van der Waals surface area contributed by atoms with E-state index in [0.717, 1.165) is 9.78 Å². The first kappa shape index (κ1) is 19.6. The van der Waals surface area contributed by atoms with E-state index in [1.54, 1.807) is 12.3 Å². The summed E-state index contributed by atoms with van der Waals surface area (Å²) in [6.07, 6.45) is 1.92. The van der Waals surface area contributed by atoms with E-state index >= 15 is 0 Å². The molecule has 1 N–H and O–H groups in total. The van der Waals surface area contributed by atoms with Gasteiger partial charge in [-0.3, -0.25) is 14.5 Å². The Bertz CT molecular complexity index is 1050. The summed E-state index contributed by atoms with van der Waals surface area (Å²) in [5, 5.41) is 1.93. The van der Waals surface area contributed by atoms with Gasteiger partial charge in [-0.25, -0.2) is 13.1 Å². The fraction of sp³-hybridized carbons (Fsp3) is 0.200. The van der Waals surface area contributed by atoms with E-state index in [9.17, 15) is 18.0 Å². The summed E-state index contributed by atoms with van der Waals surface area (Å²) in [6, 6.07) is 13.2. The average molecular weight is 431 g/mol. The predicted octanol–water partition coefficient (Wildman–Crippen LogP) is 3.10. The van der Waals surface area contributed by atoms with E-state index < -0.39 is 10.0 Å². The van der Waals surface area contributed by atoms with Crippen molar-refractivity contribution in [2.24, 2.45) is 0 Å². The Morgan fingerprint density at radius 2 is 1.76 bits per heavy atom. The van der Waals surface area contributed by atoms with E-state index in [0.29, 0.717) is 11.4 Å². The van der Waals surface area contributed by atoms with Crippen molar-refractivity contribution in [3.8, 4) is 0 Å². The molecule has 2 aromatic heterocycles. The number of amides is 2. The van der Waals surface area contributed by atoms with Crippen molar-refractivity contribution < 1.29 is 22.4 Å². The van der Waals surface area contributed by atoms with Crippen LogP contribution in [-0.4, -0.2) is 26.8 Å². The standard InChI is InChI=1S/C20H18N2O5S2/c23-19-9-10-20(24)22(19)14-5-7-15(8-6-14)29(25,26)21-13-16(17-3-1-11-27-17)18-4-2-12-28-18/h1-8,11-12,16,21H,9-10,13H2/t16-/m0/s1. The number of nitrogens with zero attached hydrogens (tertiary/aromatic N) is 1. The quantitative estimate of drug-likeness (QED) is 0.581. The zero-order valence-corrected chi connectivity index (χ0v) is 16.9. The number of imide groups is 1. The summed E-state index contributed by atoms with van der Waals surface area (Å²) in [7, 11) is -3.78. The van der Waals surface area contributed by atoms with Crippen LogP contribution in [0.25, 0.3) is 0 Å². The molecule has 1 aliphatic heterocycles. The topological polar surface area (TPSA) is 96.7 Å². The minimum atomic E-state index is -3.78. The maximum Gasteiger partial charge on any atom is 0.240 e. The number of hydrogen-bond acceptors (Lipinski definition) is 6. The maximum absolute atomic E-state index is 12.8. The van der Waals surface area contributed by atoms with Crippen LogP contribution in [0.1, 0.15) is 29.4 Å². The molecular formula is C20H18N2O5S2. The first-order valence-electron chi connectivity index (χ1n) is 8.98. The fourth-order valence-electron chi connectivity index (χ4n) is 3.24. The van der Waals surface area contributed by atoms with E-state index in [1.807, 2.05) is 23.6 Å². The lowest BCUT2D eigenvalue weighted by Crippen LogP contribution is -2.30. The largest absolute Gasteiger partial charge is 0.469 e. The third kappa shape index (κ3) is 4.02. The molecule has 0 radical (unpaired) electrons. The molecule has 1 saturated heterocycles. The molecule has 1 atom stereocenters. The Morgan fingerprint density at radius 3 is 2.34 bits per heavy atom. The molecule has 3 aromatic rings. The van der Waals surface area contributed by atoms with Crippen molar-refractivity contribution in [3.05, 3.63) is 70.8 Å². The monoisotopic (exact) mass is 430 g/mol. The molecule has 1 aliphatic rings. The van der Waals surface area contributed by atoms with Crippen LogP contribution >= 0.6 is 11.3 Å². The molecule has 29 heavy (non-hydrogen) atoms. The lowest BCUT2D eigenvalue weighted by molar-refractivity contribution is -0.121. The summed E-state index contributed by atoms with van der Waals surface area (Å²) in [5.74, 6) is -0.114. The fourth-order valence-corrected chi connectivity index (χ4v) is 5.12. The molecule has 1 fully saturated rings. The minimum Gasteiger partial charge on any atom is -0.469 e. The molecule has 0 aliphatic carbocycles. The molecule has 9 heteroatoms. The van der Waals surface area contributed by atoms with Crippen molar-refractivity contribution in [3.63, 3.8) is 0 Å². The lowest BCUT2D eigenvalue weighted by atomic mass is 10.1. The number of furan rings is 1. The number of sulfonamides is 1. The summed E-state index contributed by atoms with van der Waals surface area (Å²) in [6.45, 7) is 0.140. The van der Waals surface area contributed by atoms with Gasteiger partial charge >= 0.3 is 0 Å². The molecule has 4 rings (SSSR count). The summed E-state index contributed by atoms with van der Waals surface area (Å²) in [5.41, 5.74) is 0.378. The average Bonchev–Trinajstić information content (AvgIpc) is 3.46. The Labute approximate surface area is 172 Å². The first-order chi connectivity index (χ1) is 14.0. The van der Waals surface area contributed by atoms with E-state index in [-0.39, 0.29) is 42.0 Å². The van der Waals surface area contributed by atoms with Gasteiger partial charge in [0, 0.05) is 24.3 Å². The lowest BCUT2D eigenvalue weighted by Gasteiger charge is -2.16. The van der Waals surface area contributed by atoms with Gasteiger partial charge in [-0.05, 0) is 47.8 Å². The van der Waals surface area contributed by atoms with Crippen LogP contribution in [-0.2, 0) is 19.6 Å². The zero-order chi connectivity index (χ0) is 20.4. The van der Waals surface area contributed by atoms with Crippen molar-refractivity contribution in [1.29, 1.82) is 0 Å². The van der Waals surface area contributed by atoms with Crippen LogP contribution in [0, 0.1) is 0 Å². The highest BCUT2D eigenvalue weighted by Gasteiger charge is 2.30. The van der Waals surface area contributed by atoms with Gasteiger partial charge in [-0.15, -0.1) is 11.3 Å². The van der Waals surface area contributed by atoms with Gasteiger partial charge < -0.3 is 4.42 Å². The van der Waals surface area contributed by atoms with Gasteiger partial charge in [0.1, 0.15) is 5.76 Å². The van der Waals surface area contributed by atoms with Crippen LogP contribution in [0.4, 0.5) is 5.69 Å². The van der Waals surface area contributed by atoms with Crippen molar-refractivity contribution >= 4 is 38.9 Å². The predicted molar refractivity (Wildman–Crippen MR) is 108 cm³/mol. The Kier molecular flexibility index (Phi) is 5.35. The number of hydrogen-bond donors (Lipinski definition) is 1. The Morgan fingerprint density at radius 1 is 1.03 bits per heavy atom. The minimum absolute atomic E-state index is 0.0599. The van der Waals surface area contributed by atoms with Gasteiger partial charge in [0.05, 0.1) is 22.8 Å². The summed E-state index contributed by atoms with van der Waals surface area (Å²) in [4.78, 5) is 25.8. The number of rotatable bonds is 7. The third-order valence-corrected chi connectivity index (χ3v) is 7.13. The van der Waals surface area contributed by atoms with Gasteiger partial charge in [-0.2, -0.15) is 0 Å². The summed E-state index contributed by atoms with van der Waals surface area (Å²) < 4.78 is 33.6. The highest BCUT2D eigenvalue weighted by Crippen LogP contribution is 2.29. The number of thiophene rings is 1. The second-order valence-corrected chi connectivity index (χ2v) is 9.30. The number of carbonyl (C=O) groups excluding carboxylic acids is 2. The summed E-state index contributed by atoms with van der Waals surface area (Å²) >= 11 is 1.53. The number of carbonyl (C=O) groups is 2. The highest BCUT2D eigenvalue weighted by atomic mass is 32.2. The number of benzene rings is 1. The van der Waals surface area contributed by atoms with E-state index in [1.165, 1.54) is 35.6 Å². The maximum atomic E-state index is 12.8. The molecule has 0 unspecified atom stereocenters. The van der Waals surface area contributed by atoms with Gasteiger partial charge in [0.25, 0.3) is 0 Å². The molecule has 0 saturated carbocycles. The van der Waals surface area contributed by atoms with Crippen molar-refractivity contribution in [2.45, 2.75) is 23.7 Å². The Hall–Kier alpha value is -2.75. The zero-order valence-electron chi connectivity index (χ0n) is 15.3. The van der Waals surface area contributed by atoms with Crippen molar-refractivity contribution in [1.82, 2.24) is 4.72 Å². The highest BCUT2D eigenvalue weighted by molar-refractivity contribution is 7.89. The molecule has 1 aromatic carbocycles. The second kappa shape index (κ2) is 7.94. The van der Waals surface area contributed by atoms with Gasteiger partial charge in [-0.1, -0.05) is 6.07 Å². The number of nitrogens with one attached hydrogen (secondary N) is 1. The normalized spacial score (nSPS) is 15.8. The smallest absolute Gasteiger partial charge is 0.240 e.